The van der Waals surface area contributed by atoms with Gasteiger partial charge in [-0.15, -0.1) is 0 Å². The summed E-state index contributed by atoms with van der Waals surface area (Å²) in [5, 5.41) is 11.6. The number of aliphatic imine (C=N–C) groups is 1. The second-order valence-corrected chi connectivity index (χ2v) is 7.48. The van der Waals surface area contributed by atoms with Crippen LogP contribution in [0.25, 0.3) is 0 Å². The number of rotatable bonds is 5. The molecule has 3 heteroatoms. The number of allylic oxidation sites excluding steroid dienone is 1. The van der Waals surface area contributed by atoms with Crippen LogP contribution in [0, 0.1) is 17.8 Å². The van der Waals surface area contributed by atoms with E-state index < -0.39 is 0 Å². The Labute approximate surface area is 146 Å². The molecule has 3 N–H and O–H groups in total. The smallest absolute Gasteiger partial charge is 0.224 e. The van der Waals surface area contributed by atoms with E-state index in [-0.39, 0.29) is 6.61 Å². The minimum absolute atomic E-state index is 0.276. The molecule has 24 heavy (non-hydrogen) atoms. The van der Waals surface area contributed by atoms with Crippen molar-refractivity contribution in [3.05, 3.63) is 42.0 Å². The largest absolute Gasteiger partial charge is 0.396 e. The quantitative estimate of drug-likeness (QED) is 0.796. The van der Waals surface area contributed by atoms with Crippen LogP contribution in [-0.4, -0.2) is 24.1 Å². The number of para-hydroxylation sites is 1. The first-order valence-corrected chi connectivity index (χ1v) is 9.34. The maximum atomic E-state index is 9.36. The Bertz CT molecular complexity index is 548. The number of nitrogens with two attached hydrogens (primary N) is 1. The third-order valence-electron chi connectivity index (χ3n) is 4.85. The highest BCUT2D eigenvalue weighted by molar-refractivity contribution is 5.86. The molecule has 1 aliphatic rings. The van der Waals surface area contributed by atoms with Crippen LogP contribution in [0.5, 0.6) is 0 Å². The van der Waals surface area contributed by atoms with Gasteiger partial charge in [0, 0.05) is 19.2 Å². The zero-order valence-corrected chi connectivity index (χ0v) is 15.4. The molecule has 0 saturated carbocycles. The van der Waals surface area contributed by atoms with E-state index in [9.17, 15) is 5.11 Å². The summed E-state index contributed by atoms with van der Waals surface area (Å²) in [6.07, 6.45) is 6.95. The van der Waals surface area contributed by atoms with Crippen LogP contribution in [0.1, 0.15) is 46.5 Å². The highest BCUT2D eigenvalue weighted by atomic mass is 16.3. The van der Waals surface area contributed by atoms with Gasteiger partial charge in [-0.2, -0.15) is 0 Å². The Kier molecular flexibility index (Phi) is 7.67. The van der Waals surface area contributed by atoms with Gasteiger partial charge in [0.05, 0.1) is 0 Å². The highest BCUT2D eigenvalue weighted by Crippen LogP contribution is 2.24. The molecular weight excluding hydrogens is 296 g/mol. The fourth-order valence-electron chi connectivity index (χ4n) is 3.33. The zero-order chi connectivity index (χ0) is 17.4. The molecule has 1 aromatic rings. The molecule has 0 bridgehead atoms. The molecule has 0 amide bonds. The highest BCUT2D eigenvalue weighted by Gasteiger charge is 2.17. The molecule has 0 saturated heterocycles. The van der Waals surface area contributed by atoms with Crippen LogP contribution in [0.15, 0.2) is 47.0 Å². The number of benzene rings is 1. The maximum absolute atomic E-state index is 9.36. The number of aliphatic hydroxyl groups is 1. The van der Waals surface area contributed by atoms with Crippen LogP contribution >= 0.6 is 0 Å². The number of nitrogens with zero attached hydrogens (tertiary/aromatic N) is 1. The third-order valence-corrected chi connectivity index (χ3v) is 4.85. The number of quaternary nitrogens is 1. The molecule has 0 aliphatic carbocycles. The van der Waals surface area contributed by atoms with Gasteiger partial charge >= 0.3 is 0 Å². The van der Waals surface area contributed by atoms with Gasteiger partial charge in [-0.25, -0.2) is 4.99 Å². The van der Waals surface area contributed by atoms with Crippen molar-refractivity contribution in [1.82, 2.24) is 0 Å². The fourth-order valence-corrected chi connectivity index (χ4v) is 3.33. The summed E-state index contributed by atoms with van der Waals surface area (Å²) in [4.78, 5) is 4.94. The first kappa shape index (κ1) is 18.9. The maximum Gasteiger partial charge on any atom is 0.224 e. The van der Waals surface area contributed by atoms with Crippen molar-refractivity contribution in [3.63, 3.8) is 0 Å². The van der Waals surface area contributed by atoms with E-state index in [0.717, 1.165) is 25.2 Å². The van der Waals surface area contributed by atoms with Crippen molar-refractivity contribution < 1.29 is 10.4 Å². The summed E-state index contributed by atoms with van der Waals surface area (Å²) < 4.78 is 0. The molecule has 0 aromatic heterocycles. The summed E-state index contributed by atoms with van der Waals surface area (Å²) >= 11 is 0. The first-order chi connectivity index (χ1) is 11.6. The van der Waals surface area contributed by atoms with Gasteiger partial charge in [-0.05, 0) is 55.6 Å². The van der Waals surface area contributed by atoms with Crippen LogP contribution < -0.4 is 5.32 Å². The van der Waals surface area contributed by atoms with Crippen molar-refractivity contribution in [3.8, 4) is 0 Å². The van der Waals surface area contributed by atoms with Crippen LogP contribution in [0.2, 0.25) is 0 Å². The van der Waals surface area contributed by atoms with E-state index in [0.29, 0.717) is 17.8 Å². The molecule has 1 aliphatic heterocycles. The van der Waals surface area contributed by atoms with Gasteiger partial charge in [-0.1, -0.05) is 44.5 Å². The topological polar surface area (TPSA) is 49.2 Å². The van der Waals surface area contributed by atoms with E-state index in [1.54, 1.807) is 0 Å². The van der Waals surface area contributed by atoms with Crippen molar-refractivity contribution in [2.24, 2.45) is 22.7 Å². The fraction of sp³-hybridized carbons (Fsp3) is 0.571. The van der Waals surface area contributed by atoms with Gasteiger partial charge in [0.25, 0.3) is 0 Å². The molecule has 0 fully saturated rings. The summed E-state index contributed by atoms with van der Waals surface area (Å²) in [5.41, 5.74) is 2.70. The van der Waals surface area contributed by atoms with Crippen molar-refractivity contribution in [2.75, 3.05) is 13.2 Å². The molecule has 132 valence electrons. The van der Waals surface area contributed by atoms with E-state index in [1.165, 1.54) is 24.1 Å². The Morgan fingerprint density at radius 2 is 1.96 bits per heavy atom. The Morgan fingerprint density at radius 3 is 2.62 bits per heavy atom. The molecule has 3 nitrogen and oxygen atoms in total. The van der Waals surface area contributed by atoms with E-state index in [1.807, 2.05) is 6.07 Å². The number of aliphatic hydroxyl groups excluding tert-OH is 1. The van der Waals surface area contributed by atoms with Crippen LogP contribution in [0.4, 0.5) is 5.69 Å². The number of hydrogen-bond donors (Lipinski definition) is 2. The van der Waals surface area contributed by atoms with Crippen molar-refractivity contribution in [1.29, 1.82) is 0 Å². The SMILES string of the molecule is CC(C)/C1=C\C([NH2+]c2ccccc2)=NCC(C[C@@H](C)CO)CCC1. The Hall–Kier alpha value is -1.45. The number of amidine groups is 1. The minimum atomic E-state index is 0.276. The predicted octanol–water partition coefficient (Wildman–Crippen LogP) is 3.68. The normalized spacial score (nSPS) is 22.8. The van der Waals surface area contributed by atoms with E-state index in [2.05, 4.69) is 56.4 Å². The molecule has 1 unspecified atom stereocenters. The molecule has 0 radical (unpaired) electrons. The van der Waals surface area contributed by atoms with Gasteiger partial charge < -0.3 is 5.11 Å². The predicted molar refractivity (Wildman–Crippen MR) is 101 cm³/mol. The minimum Gasteiger partial charge on any atom is -0.396 e. The van der Waals surface area contributed by atoms with Crippen LogP contribution in [0.3, 0.4) is 0 Å². The van der Waals surface area contributed by atoms with E-state index >= 15 is 0 Å². The van der Waals surface area contributed by atoms with E-state index in [4.69, 9.17) is 4.99 Å². The standard InChI is InChI=1S/C21H32N2O/c1-16(2)19-9-7-8-18(12-17(3)15-24)14-22-21(13-19)23-20-10-5-4-6-11-20/h4-6,10-11,13,16-18,24H,7-9,12,14-15H2,1-3H3,(H,22,23)/p+1/b19-13-/t17-,18?/m1/s1. The lowest BCUT2D eigenvalue weighted by molar-refractivity contribution is -0.442. The average molecular weight is 330 g/mol. The molecule has 1 heterocycles. The first-order valence-electron chi connectivity index (χ1n) is 9.34. The molecule has 2 atom stereocenters. The lowest BCUT2D eigenvalue weighted by Gasteiger charge is -2.18. The summed E-state index contributed by atoms with van der Waals surface area (Å²) in [7, 11) is 0. The average Bonchev–Trinajstić information content (AvgIpc) is 2.67. The lowest BCUT2D eigenvalue weighted by atomic mass is 9.90. The summed E-state index contributed by atoms with van der Waals surface area (Å²) in [5.74, 6) is 2.59. The molecular formula is C21H33N2O+. The van der Waals surface area contributed by atoms with Gasteiger partial charge in [0.15, 0.2) is 0 Å². The Morgan fingerprint density at radius 1 is 1.21 bits per heavy atom. The van der Waals surface area contributed by atoms with Crippen LogP contribution in [-0.2, 0) is 0 Å². The molecule has 0 spiro atoms. The van der Waals surface area contributed by atoms with Gasteiger partial charge in [0.1, 0.15) is 5.69 Å². The van der Waals surface area contributed by atoms with Gasteiger partial charge in [-0.3, -0.25) is 5.32 Å². The van der Waals surface area contributed by atoms with Crippen molar-refractivity contribution in [2.45, 2.75) is 46.5 Å². The second-order valence-electron chi connectivity index (χ2n) is 7.48. The zero-order valence-electron chi connectivity index (χ0n) is 15.4. The Balaban J connectivity index is 2.16. The lowest BCUT2D eigenvalue weighted by Crippen LogP contribution is -2.81. The summed E-state index contributed by atoms with van der Waals surface area (Å²) in [6, 6.07) is 10.4. The monoisotopic (exact) mass is 329 g/mol. The van der Waals surface area contributed by atoms with Gasteiger partial charge in [0.2, 0.25) is 5.84 Å². The molecule has 1 aromatic carbocycles. The van der Waals surface area contributed by atoms with Crippen molar-refractivity contribution >= 4 is 11.5 Å². The summed E-state index contributed by atoms with van der Waals surface area (Å²) in [6.45, 7) is 7.82. The number of hydrogen-bond acceptors (Lipinski definition) is 2. The third kappa shape index (κ3) is 6.21. The molecule has 2 rings (SSSR count). The second kappa shape index (κ2) is 9.75.